The van der Waals surface area contributed by atoms with E-state index in [9.17, 15) is 14.4 Å². The molecular weight excluding hydrogens is 390 g/mol. The quantitative estimate of drug-likeness (QED) is 0.732. The van der Waals surface area contributed by atoms with Gasteiger partial charge in [-0.1, -0.05) is 18.3 Å². The minimum Gasteiger partial charge on any atom is -0.351 e. The molecule has 2 unspecified atom stereocenters. The number of amides is 4. The van der Waals surface area contributed by atoms with E-state index in [1.54, 1.807) is 16.0 Å². The number of anilines is 1. The lowest BCUT2D eigenvalue weighted by Crippen LogP contribution is -2.55. The first kappa shape index (κ1) is 19.8. The first-order valence-electron chi connectivity index (χ1n) is 9.87. The zero-order valence-electron chi connectivity index (χ0n) is 16.6. The number of carbonyl (C=O) groups excluding carboxylic acids is 3. The van der Waals surface area contributed by atoms with Gasteiger partial charge >= 0.3 is 6.03 Å². The van der Waals surface area contributed by atoms with Crippen molar-refractivity contribution in [3.8, 4) is 0 Å². The number of carbonyl (C=O) groups is 3. The van der Waals surface area contributed by atoms with E-state index in [0.29, 0.717) is 13.1 Å². The van der Waals surface area contributed by atoms with Crippen molar-refractivity contribution < 1.29 is 14.4 Å². The molecule has 1 saturated heterocycles. The number of nitrogens with one attached hydrogen (secondary N) is 2. The number of hydrogen-bond donors (Lipinski definition) is 2. The van der Waals surface area contributed by atoms with Crippen LogP contribution in [0, 0.1) is 0 Å². The summed E-state index contributed by atoms with van der Waals surface area (Å²) in [5, 5.41) is 6.38. The Morgan fingerprint density at radius 3 is 2.97 bits per heavy atom. The lowest BCUT2D eigenvalue weighted by Gasteiger charge is -2.37. The van der Waals surface area contributed by atoms with E-state index >= 15 is 0 Å². The summed E-state index contributed by atoms with van der Waals surface area (Å²) >= 11 is 1.39. The highest BCUT2D eigenvalue weighted by Gasteiger charge is 2.47. The number of urea groups is 1. The fourth-order valence-electron chi connectivity index (χ4n) is 4.27. The summed E-state index contributed by atoms with van der Waals surface area (Å²) in [5.41, 5.74) is 1.74. The van der Waals surface area contributed by atoms with Crippen molar-refractivity contribution >= 4 is 35.3 Å². The first-order valence-corrected chi connectivity index (χ1v) is 10.8. The average molecular weight is 416 g/mol. The second kappa shape index (κ2) is 7.70. The third-order valence-corrected chi connectivity index (χ3v) is 6.86. The van der Waals surface area contributed by atoms with Crippen LogP contribution in [0.3, 0.4) is 0 Å². The van der Waals surface area contributed by atoms with Gasteiger partial charge in [0.05, 0.1) is 11.7 Å². The zero-order chi connectivity index (χ0) is 20.7. The average Bonchev–Trinajstić information content (AvgIpc) is 3.07. The predicted octanol–water partition coefficient (Wildman–Crippen LogP) is 1.83. The van der Waals surface area contributed by atoms with Gasteiger partial charge in [0.15, 0.2) is 0 Å². The van der Waals surface area contributed by atoms with Crippen LogP contribution < -0.4 is 15.5 Å². The van der Waals surface area contributed by atoms with Crippen molar-refractivity contribution in [3.05, 3.63) is 30.5 Å². The van der Waals surface area contributed by atoms with Crippen LogP contribution in [-0.2, 0) is 9.59 Å². The van der Waals surface area contributed by atoms with Gasteiger partial charge in [-0.25, -0.2) is 9.78 Å². The molecule has 3 atom stereocenters. The molecule has 0 aliphatic carbocycles. The highest BCUT2D eigenvalue weighted by Crippen LogP contribution is 2.49. The fourth-order valence-corrected chi connectivity index (χ4v) is 5.50. The standard InChI is InChI=1S/C20H25N5O3S/c1-4-14(26)24-9-5-6-12(10-24)22-18(27)17-16-15-13(7-8-21-19(15)29-17)25(11(2)3)20(28)23-16/h4,7-8,11-12,16-17H,1,5-6,9-10H2,2-3H3,(H,22,27)(H,23,28)/t12?,16?,17-/m1/s1. The molecule has 154 valence electrons. The summed E-state index contributed by atoms with van der Waals surface area (Å²) < 4.78 is 0. The summed E-state index contributed by atoms with van der Waals surface area (Å²) in [5.74, 6) is -0.256. The van der Waals surface area contributed by atoms with Crippen LogP contribution >= 0.6 is 11.8 Å². The summed E-state index contributed by atoms with van der Waals surface area (Å²) in [6.45, 7) is 8.60. The van der Waals surface area contributed by atoms with Crippen LogP contribution in [-0.4, -0.2) is 58.2 Å². The monoisotopic (exact) mass is 415 g/mol. The van der Waals surface area contributed by atoms with Crippen molar-refractivity contribution in [1.82, 2.24) is 20.5 Å². The minimum atomic E-state index is -0.484. The van der Waals surface area contributed by atoms with Gasteiger partial charge in [0.2, 0.25) is 11.8 Å². The fraction of sp³-hybridized carbons (Fsp3) is 0.500. The number of thioether (sulfide) groups is 1. The van der Waals surface area contributed by atoms with Gasteiger partial charge in [0.25, 0.3) is 0 Å². The molecule has 3 aliphatic rings. The maximum absolute atomic E-state index is 13.1. The summed E-state index contributed by atoms with van der Waals surface area (Å²) in [7, 11) is 0. The van der Waals surface area contributed by atoms with Gasteiger partial charge in [0.1, 0.15) is 10.3 Å². The number of likely N-dealkylation sites (tertiary alicyclic amines) is 1. The molecule has 1 aromatic heterocycles. The Hall–Kier alpha value is -2.55. The highest BCUT2D eigenvalue weighted by molar-refractivity contribution is 8.01. The number of nitrogens with zero attached hydrogens (tertiary/aromatic N) is 3. The maximum atomic E-state index is 13.1. The predicted molar refractivity (Wildman–Crippen MR) is 111 cm³/mol. The number of pyridine rings is 1. The minimum absolute atomic E-state index is 0.00375. The Labute approximate surface area is 174 Å². The Bertz CT molecular complexity index is 874. The molecule has 8 nitrogen and oxygen atoms in total. The molecular formula is C20H25N5O3S. The van der Waals surface area contributed by atoms with E-state index in [2.05, 4.69) is 22.2 Å². The van der Waals surface area contributed by atoms with Crippen LogP contribution in [0.2, 0.25) is 0 Å². The summed E-state index contributed by atoms with van der Waals surface area (Å²) in [4.78, 5) is 45.6. The Balaban J connectivity index is 1.52. The van der Waals surface area contributed by atoms with Gasteiger partial charge in [-0.2, -0.15) is 0 Å². The van der Waals surface area contributed by atoms with Crippen molar-refractivity contribution in [3.63, 3.8) is 0 Å². The lowest BCUT2D eigenvalue weighted by molar-refractivity contribution is -0.129. The van der Waals surface area contributed by atoms with Crippen molar-refractivity contribution in [2.75, 3.05) is 18.0 Å². The molecule has 1 aromatic rings. The Morgan fingerprint density at radius 2 is 2.24 bits per heavy atom. The second-order valence-electron chi connectivity index (χ2n) is 7.81. The van der Waals surface area contributed by atoms with E-state index in [1.807, 2.05) is 19.9 Å². The van der Waals surface area contributed by atoms with Gasteiger partial charge in [-0.05, 0) is 38.8 Å². The molecule has 4 rings (SSSR count). The number of piperidine rings is 1. The molecule has 0 bridgehead atoms. The summed E-state index contributed by atoms with van der Waals surface area (Å²) in [6.07, 6.45) is 4.64. The SMILES string of the molecule is C=CC(=O)N1CCCC(NC(=O)[C@@H]2Sc3nccc4c3C2NC(=O)N4C(C)C)C1. The van der Waals surface area contributed by atoms with Crippen LogP contribution in [0.5, 0.6) is 0 Å². The largest absolute Gasteiger partial charge is 0.351 e. The van der Waals surface area contributed by atoms with E-state index in [4.69, 9.17) is 0 Å². The zero-order valence-corrected chi connectivity index (χ0v) is 17.4. The third kappa shape index (κ3) is 3.48. The molecule has 9 heteroatoms. The van der Waals surface area contributed by atoms with Gasteiger partial charge in [-0.15, -0.1) is 0 Å². The van der Waals surface area contributed by atoms with Crippen LogP contribution in [0.25, 0.3) is 0 Å². The van der Waals surface area contributed by atoms with Crippen molar-refractivity contribution in [2.45, 2.75) is 55.1 Å². The van der Waals surface area contributed by atoms with E-state index < -0.39 is 11.3 Å². The lowest BCUT2D eigenvalue weighted by atomic mass is 9.99. The molecule has 3 aliphatic heterocycles. The Morgan fingerprint density at radius 1 is 1.45 bits per heavy atom. The molecule has 1 fully saturated rings. The van der Waals surface area contributed by atoms with Crippen molar-refractivity contribution in [2.24, 2.45) is 0 Å². The number of hydrogen-bond acceptors (Lipinski definition) is 5. The molecule has 4 heterocycles. The molecule has 0 radical (unpaired) electrons. The third-order valence-electron chi connectivity index (χ3n) is 5.57. The van der Waals surface area contributed by atoms with Crippen LogP contribution in [0.4, 0.5) is 10.5 Å². The van der Waals surface area contributed by atoms with E-state index in [-0.39, 0.29) is 29.9 Å². The highest BCUT2D eigenvalue weighted by atomic mass is 32.2. The molecule has 0 aromatic carbocycles. The topological polar surface area (TPSA) is 94.6 Å². The Kier molecular flexibility index (Phi) is 5.24. The number of rotatable bonds is 4. The molecule has 2 N–H and O–H groups in total. The van der Waals surface area contributed by atoms with Gasteiger partial charge in [0, 0.05) is 36.9 Å². The smallest absolute Gasteiger partial charge is 0.322 e. The molecule has 0 saturated carbocycles. The second-order valence-corrected chi connectivity index (χ2v) is 8.94. The van der Waals surface area contributed by atoms with Gasteiger partial charge in [-0.3, -0.25) is 14.5 Å². The van der Waals surface area contributed by atoms with Crippen molar-refractivity contribution in [1.29, 1.82) is 0 Å². The van der Waals surface area contributed by atoms with E-state index in [0.717, 1.165) is 29.1 Å². The molecule has 4 amide bonds. The van der Waals surface area contributed by atoms with Gasteiger partial charge < -0.3 is 15.5 Å². The van der Waals surface area contributed by atoms with E-state index in [1.165, 1.54) is 17.8 Å². The first-order chi connectivity index (χ1) is 13.9. The molecule has 29 heavy (non-hydrogen) atoms. The normalized spacial score (nSPS) is 25.5. The molecule has 0 spiro atoms. The van der Waals surface area contributed by atoms with Crippen LogP contribution in [0.1, 0.15) is 38.3 Å². The van der Waals surface area contributed by atoms with Crippen LogP contribution in [0.15, 0.2) is 29.9 Å². The summed E-state index contributed by atoms with van der Waals surface area (Å²) in [6, 6.07) is 1.12. The maximum Gasteiger partial charge on any atom is 0.322 e. The number of aromatic nitrogens is 1.